The summed E-state index contributed by atoms with van der Waals surface area (Å²) in [5, 5.41) is 42.6. The summed E-state index contributed by atoms with van der Waals surface area (Å²) < 4.78 is 67.1. The molecule has 0 bridgehead atoms. The van der Waals surface area contributed by atoms with Gasteiger partial charge in [-0.05, 0) is 75.9 Å². The number of benzene rings is 3. The number of hydrogen-bond acceptors (Lipinski definition) is 11. The van der Waals surface area contributed by atoms with E-state index < -0.39 is 73.8 Å². The van der Waals surface area contributed by atoms with Crippen molar-refractivity contribution >= 4 is 33.3 Å². The largest absolute Gasteiger partial charge is 0.484 e. The molecule has 4 rings (SSSR count). The second kappa shape index (κ2) is 20.6. The third kappa shape index (κ3) is 12.1. The molecule has 3 aromatic carbocycles. The SMILES string of the molecule is CCCN(C(C)Cc1ccc(OCC(F)(F)F)cc1)C(C1CCNCC1)S(C)(=O)=O.O.O=C(O)C(O)(C(=O)c1ccccc1)C(O)(C(=O)O)C(=O)c1ccccc1. The smallest absolute Gasteiger partial charge is 0.422 e. The van der Waals surface area contributed by atoms with Crippen LogP contribution in [0.3, 0.4) is 0 Å². The van der Waals surface area contributed by atoms with E-state index >= 15 is 0 Å². The molecule has 4 atom stereocenters. The van der Waals surface area contributed by atoms with Crippen LogP contribution in [0.25, 0.3) is 0 Å². The number of Topliss-reactive ketones (excluding diaryl/α,β-unsaturated/α-hetero) is 2. The summed E-state index contributed by atoms with van der Waals surface area (Å²) in [7, 11) is -3.28. The van der Waals surface area contributed by atoms with Crippen LogP contribution in [-0.2, 0) is 25.8 Å². The molecule has 7 N–H and O–H groups in total. The van der Waals surface area contributed by atoms with Gasteiger partial charge < -0.3 is 36.0 Å². The van der Waals surface area contributed by atoms with Gasteiger partial charge in [-0.3, -0.25) is 14.5 Å². The van der Waals surface area contributed by atoms with E-state index in [9.17, 15) is 61.2 Å². The highest BCUT2D eigenvalue weighted by molar-refractivity contribution is 7.91. The first-order valence-electron chi connectivity index (χ1n) is 17.7. The van der Waals surface area contributed by atoms with Crippen LogP contribution >= 0.6 is 0 Å². The van der Waals surface area contributed by atoms with Crippen LogP contribution in [0.2, 0.25) is 0 Å². The van der Waals surface area contributed by atoms with E-state index in [2.05, 4.69) is 10.2 Å². The van der Waals surface area contributed by atoms with Gasteiger partial charge in [-0.1, -0.05) is 79.7 Å². The number of carbonyl (C=O) groups is 4. The lowest BCUT2D eigenvalue weighted by Crippen LogP contribution is -2.71. The van der Waals surface area contributed by atoms with Gasteiger partial charge in [0.1, 0.15) is 11.1 Å². The minimum atomic E-state index is -4.37. The number of aliphatic hydroxyl groups is 2. The molecule has 0 amide bonds. The van der Waals surface area contributed by atoms with Crippen molar-refractivity contribution < 1.29 is 71.4 Å². The van der Waals surface area contributed by atoms with Gasteiger partial charge in [0, 0.05) is 23.4 Å². The lowest BCUT2D eigenvalue weighted by atomic mass is 9.73. The highest BCUT2D eigenvalue weighted by Gasteiger charge is 2.69. The molecule has 0 saturated carbocycles. The molecule has 1 aliphatic rings. The van der Waals surface area contributed by atoms with Crippen molar-refractivity contribution in [3.05, 3.63) is 102 Å². The average molecular weight is 827 g/mol. The van der Waals surface area contributed by atoms with Gasteiger partial charge in [0.25, 0.3) is 11.2 Å². The number of nitrogens with zero attached hydrogens (tertiary/aromatic N) is 1. The minimum Gasteiger partial charge on any atom is -0.484 e. The van der Waals surface area contributed by atoms with Crippen molar-refractivity contribution in [2.75, 3.05) is 32.5 Å². The first-order chi connectivity index (χ1) is 26.2. The second-order valence-electron chi connectivity index (χ2n) is 13.6. The molecule has 1 saturated heterocycles. The molecule has 0 aromatic heterocycles. The number of halogens is 3. The van der Waals surface area contributed by atoms with Crippen LogP contribution < -0.4 is 10.1 Å². The number of carbonyl (C=O) groups excluding carboxylic acids is 2. The number of hydrogen-bond donors (Lipinski definition) is 5. The Hall–Kier alpha value is -4.72. The van der Waals surface area contributed by atoms with Crippen LogP contribution in [0.15, 0.2) is 84.9 Å². The first kappa shape index (κ1) is 48.4. The summed E-state index contributed by atoms with van der Waals surface area (Å²) in [6.45, 7) is 5.06. The van der Waals surface area contributed by atoms with Gasteiger partial charge in [-0.15, -0.1) is 0 Å². The Morgan fingerprint density at radius 3 is 1.63 bits per heavy atom. The van der Waals surface area contributed by atoms with E-state index in [0.717, 1.165) is 62.2 Å². The summed E-state index contributed by atoms with van der Waals surface area (Å²) in [4.78, 5) is 50.6. The fraction of sp³-hybridized carbons (Fsp3) is 0.436. The van der Waals surface area contributed by atoms with Crippen molar-refractivity contribution in [1.29, 1.82) is 0 Å². The maximum Gasteiger partial charge on any atom is 0.422 e. The van der Waals surface area contributed by atoms with Gasteiger partial charge in [0.05, 0.1) is 0 Å². The molecule has 0 aliphatic carbocycles. The number of sulfone groups is 1. The topological polar surface area (TPSA) is 239 Å². The fourth-order valence-corrected chi connectivity index (χ4v) is 8.40. The Morgan fingerprint density at radius 1 is 0.825 bits per heavy atom. The number of ketones is 2. The van der Waals surface area contributed by atoms with Crippen LogP contribution in [0.5, 0.6) is 5.75 Å². The fourth-order valence-electron chi connectivity index (χ4n) is 6.63. The molecule has 0 radical (unpaired) electrons. The van der Waals surface area contributed by atoms with Crippen molar-refractivity contribution in [3.63, 3.8) is 0 Å². The van der Waals surface area contributed by atoms with E-state index in [1.165, 1.54) is 54.8 Å². The normalized spacial score (nSPS) is 16.6. The third-order valence-electron chi connectivity index (χ3n) is 9.33. The van der Waals surface area contributed by atoms with Crippen molar-refractivity contribution in [1.82, 2.24) is 10.2 Å². The van der Waals surface area contributed by atoms with Crippen molar-refractivity contribution in [2.45, 2.75) is 68.3 Å². The Morgan fingerprint density at radius 2 is 1.26 bits per heavy atom. The first-order valence-corrected chi connectivity index (χ1v) is 19.7. The number of aliphatic carboxylic acids is 2. The second-order valence-corrected chi connectivity index (χ2v) is 15.7. The zero-order valence-corrected chi connectivity index (χ0v) is 32.4. The highest BCUT2D eigenvalue weighted by Crippen LogP contribution is 2.32. The van der Waals surface area contributed by atoms with E-state index in [0.29, 0.717) is 13.0 Å². The lowest BCUT2D eigenvalue weighted by molar-refractivity contribution is -0.187. The summed E-state index contributed by atoms with van der Waals surface area (Å²) >= 11 is 0. The minimum absolute atomic E-state index is 0. The Labute approximate surface area is 328 Å². The van der Waals surface area contributed by atoms with E-state index in [-0.39, 0.29) is 23.2 Å². The van der Waals surface area contributed by atoms with Crippen molar-refractivity contribution in [2.24, 2.45) is 5.92 Å². The lowest BCUT2D eigenvalue weighted by Gasteiger charge is -2.41. The quantitative estimate of drug-likeness (QED) is 0.0972. The third-order valence-corrected chi connectivity index (χ3v) is 10.9. The molecule has 314 valence electrons. The van der Waals surface area contributed by atoms with Crippen LogP contribution in [0, 0.1) is 5.92 Å². The Kier molecular flexibility index (Phi) is 17.5. The number of piperidine rings is 1. The molecular formula is C39H49F3N2O12S. The van der Waals surface area contributed by atoms with Gasteiger partial charge in [0.15, 0.2) is 16.4 Å². The maximum atomic E-state index is 12.7. The molecule has 0 spiro atoms. The number of carboxylic acids is 2. The molecule has 14 nitrogen and oxygen atoms in total. The molecular weight excluding hydrogens is 777 g/mol. The van der Waals surface area contributed by atoms with Gasteiger partial charge >= 0.3 is 18.1 Å². The molecule has 1 fully saturated rings. The highest BCUT2D eigenvalue weighted by atomic mass is 32.2. The predicted octanol–water partition coefficient (Wildman–Crippen LogP) is 3.20. The standard InChI is InChI=1S/C21H33F3N2O3S.C18H14O8.H2O/c1-4-13-26(20(30(3,27)28)18-9-11-25-12-10-18)16(2)14-17-5-7-19(8-6-17)29-15-21(22,23)24;19-13(11-7-3-1-4-8-11)17(25,15(21)22)18(26,16(23)24)14(20)12-9-5-2-6-10-12;/h5-8,16,18,20,25H,4,9-15H2,1-3H3;1-10,25-26H,(H,21,22)(H,23,24);1H2. The molecule has 4 unspecified atom stereocenters. The van der Waals surface area contributed by atoms with Gasteiger partial charge in [-0.2, -0.15) is 13.2 Å². The number of rotatable bonds is 17. The summed E-state index contributed by atoms with van der Waals surface area (Å²) in [5.41, 5.74) is -7.75. The monoisotopic (exact) mass is 826 g/mol. The van der Waals surface area contributed by atoms with E-state index in [1.807, 2.05) is 13.8 Å². The zero-order valence-electron chi connectivity index (χ0n) is 31.6. The number of alkyl halides is 3. The summed E-state index contributed by atoms with van der Waals surface area (Å²) in [5.74, 6) is -7.77. The van der Waals surface area contributed by atoms with Crippen LogP contribution in [0.1, 0.15) is 59.4 Å². The predicted molar refractivity (Wildman–Crippen MR) is 203 cm³/mol. The Balaban J connectivity index is 0.000000390. The molecule has 18 heteroatoms. The molecule has 3 aromatic rings. The number of nitrogens with one attached hydrogen (secondary N) is 1. The molecule has 1 heterocycles. The van der Waals surface area contributed by atoms with E-state index in [4.69, 9.17) is 4.74 Å². The van der Waals surface area contributed by atoms with Crippen LogP contribution in [0.4, 0.5) is 13.2 Å². The van der Waals surface area contributed by atoms with Crippen LogP contribution in [-0.4, -0.2) is 124 Å². The molecule has 1 aliphatic heterocycles. The van der Waals surface area contributed by atoms with Gasteiger partial charge in [0.2, 0.25) is 11.6 Å². The summed E-state index contributed by atoms with van der Waals surface area (Å²) in [6, 6.07) is 19.3. The molecule has 57 heavy (non-hydrogen) atoms. The number of carboxylic acid groups (broad SMARTS) is 2. The average Bonchev–Trinajstić information content (AvgIpc) is 3.16. The van der Waals surface area contributed by atoms with Crippen molar-refractivity contribution in [3.8, 4) is 5.75 Å². The van der Waals surface area contributed by atoms with Gasteiger partial charge in [-0.25, -0.2) is 18.0 Å². The van der Waals surface area contributed by atoms with E-state index in [1.54, 1.807) is 12.1 Å². The number of ether oxygens (including phenoxy) is 1. The Bertz CT molecular complexity index is 1820. The summed E-state index contributed by atoms with van der Waals surface area (Å²) in [6.07, 6.45) is 0.0545. The zero-order chi connectivity index (χ0) is 41.9. The maximum absolute atomic E-state index is 12.7.